The van der Waals surface area contributed by atoms with Crippen LogP contribution in [0.1, 0.15) is 10.5 Å². The fraction of sp³-hybridized carbons (Fsp3) is 0. The smallest absolute Gasteiger partial charge is 0.276 e. The molecule has 4 heterocycles. The monoisotopic (exact) mass is 351 g/mol. The number of halogens is 1. The van der Waals surface area contributed by atoms with Crippen LogP contribution in [0.2, 0.25) is 5.02 Å². The Morgan fingerprint density at radius 3 is 2.72 bits per heavy atom. The molecular formula is C16H10ClN7O. The molecule has 4 rings (SSSR count). The van der Waals surface area contributed by atoms with Gasteiger partial charge < -0.3 is 0 Å². The number of carbonyl (C=O) groups excluding carboxylic acids is 1. The third-order valence-corrected chi connectivity index (χ3v) is 3.58. The molecule has 0 radical (unpaired) electrons. The summed E-state index contributed by atoms with van der Waals surface area (Å²) in [4.78, 5) is 28.8. The number of pyridine rings is 2. The van der Waals surface area contributed by atoms with E-state index in [1.807, 2.05) is 18.2 Å². The van der Waals surface area contributed by atoms with E-state index < -0.39 is 5.91 Å². The standard InChI is InChI=1S/C16H10ClN7O/c17-10-4-5-12(20-9-10)14(25)21-15-22-16-19-8-6-13(24(16)23-15)11-3-1-2-7-18-11/h1-9H,(H,21,23,25). The summed E-state index contributed by atoms with van der Waals surface area (Å²) >= 11 is 5.77. The number of carbonyl (C=O) groups is 1. The Morgan fingerprint density at radius 2 is 1.96 bits per heavy atom. The van der Waals surface area contributed by atoms with Crippen molar-refractivity contribution >= 4 is 29.2 Å². The highest BCUT2D eigenvalue weighted by atomic mass is 35.5. The minimum absolute atomic E-state index is 0.123. The zero-order valence-electron chi connectivity index (χ0n) is 12.7. The van der Waals surface area contributed by atoms with Crippen molar-refractivity contribution in [2.24, 2.45) is 0 Å². The van der Waals surface area contributed by atoms with Crippen LogP contribution in [0.4, 0.5) is 5.95 Å². The molecule has 0 aliphatic heterocycles. The third-order valence-electron chi connectivity index (χ3n) is 3.35. The summed E-state index contributed by atoms with van der Waals surface area (Å²) in [5, 5.41) is 7.34. The van der Waals surface area contributed by atoms with E-state index >= 15 is 0 Å². The van der Waals surface area contributed by atoms with Gasteiger partial charge in [0.2, 0.25) is 0 Å². The molecule has 4 aromatic heterocycles. The number of hydrogen-bond donors (Lipinski definition) is 1. The van der Waals surface area contributed by atoms with Crippen molar-refractivity contribution < 1.29 is 4.79 Å². The molecule has 0 saturated heterocycles. The fourth-order valence-corrected chi connectivity index (χ4v) is 2.34. The van der Waals surface area contributed by atoms with Gasteiger partial charge in [-0.25, -0.2) is 9.97 Å². The van der Waals surface area contributed by atoms with Gasteiger partial charge in [-0.2, -0.15) is 9.50 Å². The summed E-state index contributed by atoms with van der Waals surface area (Å²) in [6.45, 7) is 0. The largest absolute Gasteiger partial charge is 0.288 e. The van der Waals surface area contributed by atoms with Crippen molar-refractivity contribution in [2.75, 3.05) is 5.32 Å². The Balaban J connectivity index is 1.68. The molecule has 0 bridgehead atoms. The summed E-state index contributed by atoms with van der Waals surface area (Å²) in [6.07, 6.45) is 4.70. The van der Waals surface area contributed by atoms with Gasteiger partial charge in [-0.1, -0.05) is 17.7 Å². The van der Waals surface area contributed by atoms with E-state index in [1.165, 1.54) is 16.8 Å². The van der Waals surface area contributed by atoms with Crippen molar-refractivity contribution in [3.8, 4) is 11.4 Å². The van der Waals surface area contributed by atoms with Crippen molar-refractivity contribution in [2.45, 2.75) is 0 Å². The first-order chi connectivity index (χ1) is 12.2. The molecule has 0 atom stereocenters. The topological polar surface area (TPSA) is 98.0 Å². The van der Waals surface area contributed by atoms with Crippen LogP contribution in [0.15, 0.2) is 55.0 Å². The first kappa shape index (κ1) is 15.2. The van der Waals surface area contributed by atoms with Crippen LogP contribution in [0, 0.1) is 0 Å². The zero-order valence-corrected chi connectivity index (χ0v) is 13.4. The highest BCUT2D eigenvalue weighted by Gasteiger charge is 2.14. The predicted octanol–water partition coefficient (Wildman–Crippen LogP) is 2.49. The molecule has 0 saturated carbocycles. The van der Waals surface area contributed by atoms with E-state index in [0.717, 1.165) is 5.69 Å². The van der Waals surface area contributed by atoms with Crippen molar-refractivity contribution in [1.29, 1.82) is 0 Å². The lowest BCUT2D eigenvalue weighted by Gasteiger charge is -2.01. The molecule has 0 aromatic carbocycles. The number of aromatic nitrogens is 6. The van der Waals surface area contributed by atoms with E-state index in [-0.39, 0.29) is 11.6 Å². The molecule has 9 heteroatoms. The molecular weight excluding hydrogens is 342 g/mol. The van der Waals surface area contributed by atoms with Crippen molar-refractivity contribution in [1.82, 2.24) is 29.5 Å². The van der Waals surface area contributed by atoms with Crippen LogP contribution in [0.5, 0.6) is 0 Å². The fourth-order valence-electron chi connectivity index (χ4n) is 2.23. The highest BCUT2D eigenvalue weighted by molar-refractivity contribution is 6.30. The normalized spacial score (nSPS) is 10.8. The predicted molar refractivity (Wildman–Crippen MR) is 91.2 cm³/mol. The minimum Gasteiger partial charge on any atom is -0.288 e. The third kappa shape index (κ3) is 3.02. The zero-order chi connectivity index (χ0) is 17.2. The van der Waals surface area contributed by atoms with Crippen LogP contribution in [-0.4, -0.2) is 35.5 Å². The van der Waals surface area contributed by atoms with Gasteiger partial charge >= 0.3 is 0 Å². The molecule has 122 valence electrons. The lowest BCUT2D eigenvalue weighted by molar-refractivity contribution is 0.102. The van der Waals surface area contributed by atoms with Gasteiger partial charge in [0.15, 0.2) is 0 Å². The number of fused-ring (bicyclic) bond motifs is 1. The van der Waals surface area contributed by atoms with E-state index in [2.05, 4.69) is 30.4 Å². The van der Waals surface area contributed by atoms with Gasteiger partial charge in [0, 0.05) is 18.6 Å². The number of rotatable bonds is 3. The van der Waals surface area contributed by atoms with E-state index in [0.29, 0.717) is 16.5 Å². The van der Waals surface area contributed by atoms with Crippen molar-refractivity contribution in [3.63, 3.8) is 0 Å². The SMILES string of the molecule is O=C(Nc1nc2nccc(-c3ccccn3)n2n1)c1ccc(Cl)cn1. The molecule has 25 heavy (non-hydrogen) atoms. The maximum Gasteiger partial charge on any atom is 0.276 e. The van der Waals surface area contributed by atoms with Gasteiger partial charge in [0.1, 0.15) is 5.69 Å². The molecule has 0 aliphatic rings. The Kier molecular flexibility index (Phi) is 3.79. The van der Waals surface area contributed by atoms with Gasteiger partial charge in [-0.3, -0.25) is 15.1 Å². The quantitative estimate of drug-likeness (QED) is 0.609. The summed E-state index contributed by atoms with van der Waals surface area (Å²) in [5.41, 5.74) is 1.64. The van der Waals surface area contributed by atoms with Gasteiger partial charge in [-0.15, -0.1) is 5.10 Å². The molecule has 1 N–H and O–H groups in total. The van der Waals surface area contributed by atoms with Gasteiger partial charge in [0.25, 0.3) is 17.6 Å². The summed E-state index contributed by atoms with van der Waals surface area (Å²) in [5.74, 6) is 0.0344. The molecule has 0 fully saturated rings. The number of amides is 1. The molecule has 4 aromatic rings. The molecule has 0 spiro atoms. The summed E-state index contributed by atoms with van der Waals surface area (Å²) in [6, 6.07) is 10.4. The molecule has 1 amide bonds. The van der Waals surface area contributed by atoms with Crippen LogP contribution in [0.25, 0.3) is 17.2 Å². The molecule has 8 nitrogen and oxygen atoms in total. The average molecular weight is 352 g/mol. The van der Waals surface area contributed by atoms with Crippen molar-refractivity contribution in [3.05, 3.63) is 65.7 Å². The minimum atomic E-state index is -0.438. The molecule has 0 aliphatic carbocycles. The van der Waals surface area contributed by atoms with Gasteiger partial charge in [0.05, 0.1) is 16.4 Å². The van der Waals surface area contributed by atoms with Crippen LogP contribution in [0.3, 0.4) is 0 Å². The maximum atomic E-state index is 12.2. The number of nitrogens with one attached hydrogen (secondary N) is 1. The lowest BCUT2D eigenvalue weighted by Crippen LogP contribution is -2.14. The Hall–Kier alpha value is -3.39. The number of anilines is 1. The summed E-state index contributed by atoms with van der Waals surface area (Å²) in [7, 11) is 0. The maximum absolute atomic E-state index is 12.2. The Morgan fingerprint density at radius 1 is 1.04 bits per heavy atom. The molecule has 0 unspecified atom stereocenters. The number of hydrogen-bond acceptors (Lipinski definition) is 6. The lowest BCUT2D eigenvalue weighted by atomic mass is 10.2. The second-order valence-corrected chi connectivity index (χ2v) is 5.44. The Labute approximate surface area is 146 Å². The first-order valence-electron chi connectivity index (χ1n) is 7.27. The average Bonchev–Trinajstić information content (AvgIpc) is 3.05. The highest BCUT2D eigenvalue weighted by Crippen LogP contribution is 2.17. The second kappa shape index (κ2) is 6.25. The summed E-state index contributed by atoms with van der Waals surface area (Å²) < 4.78 is 1.52. The number of nitrogens with zero attached hydrogens (tertiary/aromatic N) is 6. The van der Waals surface area contributed by atoms with E-state index in [1.54, 1.807) is 24.5 Å². The van der Waals surface area contributed by atoms with E-state index in [4.69, 9.17) is 11.6 Å². The van der Waals surface area contributed by atoms with E-state index in [9.17, 15) is 4.79 Å². The Bertz CT molecular complexity index is 1050. The van der Waals surface area contributed by atoms with Crippen LogP contribution >= 0.6 is 11.6 Å². The second-order valence-electron chi connectivity index (χ2n) is 5.01. The van der Waals surface area contributed by atoms with Crippen LogP contribution in [-0.2, 0) is 0 Å². The first-order valence-corrected chi connectivity index (χ1v) is 7.64. The van der Waals surface area contributed by atoms with Crippen LogP contribution < -0.4 is 5.32 Å². The van der Waals surface area contributed by atoms with Gasteiger partial charge in [-0.05, 0) is 30.3 Å².